The molecule has 5 nitrogen and oxygen atoms in total. The van der Waals surface area contributed by atoms with E-state index in [1.807, 2.05) is 22.8 Å². The van der Waals surface area contributed by atoms with Crippen LogP contribution in [0.5, 0.6) is 0 Å². The first kappa shape index (κ1) is 16.3. The molecule has 0 saturated carbocycles. The van der Waals surface area contributed by atoms with Crippen molar-refractivity contribution in [3.63, 3.8) is 0 Å². The van der Waals surface area contributed by atoms with Gasteiger partial charge in [0.1, 0.15) is 0 Å². The summed E-state index contributed by atoms with van der Waals surface area (Å²) in [6.07, 6.45) is 1.05. The molecule has 0 aliphatic rings. The molecule has 0 radical (unpaired) electrons. The number of imidazole rings is 1. The van der Waals surface area contributed by atoms with Gasteiger partial charge in [-0.25, -0.2) is 15.0 Å². The molecule has 3 aromatic rings. The van der Waals surface area contributed by atoms with Crippen molar-refractivity contribution < 1.29 is 0 Å². The van der Waals surface area contributed by atoms with Gasteiger partial charge in [-0.3, -0.25) is 4.57 Å². The number of halogens is 1. The molecule has 2 heterocycles. The van der Waals surface area contributed by atoms with E-state index in [2.05, 4.69) is 56.9 Å². The highest BCUT2D eigenvalue weighted by Crippen LogP contribution is 2.28. The Kier molecular flexibility index (Phi) is 4.87. The number of fused-ring (bicyclic) bond motifs is 1. The number of nitrogens with zero attached hydrogens (tertiary/aromatic N) is 4. The van der Waals surface area contributed by atoms with Crippen LogP contribution in [0.2, 0.25) is 0 Å². The number of hydrogen-bond donors (Lipinski definition) is 1. The lowest BCUT2D eigenvalue weighted by atomic mass is 10.2. The van der Waals surface area contributed by atoms with Gasteiger partial charge in [0, 0.05) is 5.25 Å². The second kappa shape index (κ2) is 6.88. The van der Waals surface area contributed by atoms with E-state index in [0.29, 0.717) is 33.0 Å². The normalized spacial score (nSPS) is 12.7. The summed E-state index contributed by atoms with van der Waals surface area (Å²) in [4.78, 5) is 13.5. The summed E-state index contributed by atoms with van der Waals surface area (Å²) in [5, 5.41) is 1.15. The summed E-state index contributed by atoms with van der Waals surface area (Å²) in [6.45, 7) is 4.99. The molecule has 7 heteroatoms. The molecule has 120 valence electrons. The van der Waals surface area contributed by atoms with E-state index in [0.717, 1.165) is 12.1 Å². The average Bonchev–Trinajstić information content (AvgIpc) is 2.85. The maximum atomic E-state index is 6.09. The van der Waals surface area contributed by atoms with Crippen molar-refractivity contribution in [2.75, 3.05) is 5.73 Å². The molecule has 2 N–H and O–H groups in total. The molecule has 0 aliphatic heterocycles. The van der Waals surface area contributed by atoms with Crippen LogP contribution in [0.25, 0.3) is 11.2 Å². The molecule has 0 bridgehead atoms. The van der Waals surface area contributed by atoms with Gasteiger partial charge < -0.3 is 5.73 Å². The first-order valence-electron chi connectivity index (χ1n) is 7.48. The van der Waals surface area contributed by atoms with Gasteiger partial charge in [0.05, 0.1) is 6.54 Å². The monoisotopic (exact) mass is 391 g/mol. The molecule has 3 rings (SSSR count). The van der Waals surface area contributed by atoms with Gasteiger partial charge in [-0.2, -0.15) is 0 Å². The topological polar surface area (TPSA) is 69.6 Å². The highest BCUT2D eigenvalue weighted by atomic mass is 79.9. The Morgan fingerprint density at radius 3 is 2.65 bits per heavy atom. The van der Waals surface area contributed by atoms with Crippen molar-refractivity contribution in [3.8, 4) is 0 Å². The predicted molar refractivity (Wildman–Crippen MR) is 98.6 cm³/mol. The fraction of sp³-hybridized carbons (Fsp3) is 0.312. The molecule has 0 saturated heterocycles. The van der Waals surface area contributed by atoms with E-state index < -0.39 is 0 Å². The zero-order chi connectivity index (χ0) is 16.4. The fourth-order valence-corrected chi connectivity index (χ4v) is 3.48. The number of rotatable bonds is 5. The van der Waals surface area contributed by atoms with E-state index in [1.165, 1.54) is 5.56 Å². The summed E-state index contributed by atoms with van der Waals surface area (Å²) in [5.74, 6) is 0.424. The van der Waals surface area contributed by atoms with Crippen LogP contribution in [0.3, 0.4) is 0 Å². The van der Waals surface area contributed by atoms with Crippen molar-refractivity contribution in [3.05, 3.63) is 40.6 Å². The lowest BCUT2D eigenvalue weighted by Gasteiger charge is -2.09. The molecular formula is C16H18BrN5S. The minimum atomic E-state index is 0.424. The standard InChI is InChI=1S/C16H18BrN5S/c1-3-10(2)23-16-20-13(18)12-14(21-16)22(15(17)19-12)9-11-7-5-4-6-8-11/h4-8,10H,3,9H2,1-2H3,(H2,18,20,21). The smallest absolute Gasteiger partial charge is 0.191 e. The molecule has 23 heavy (non-hydrogen) atoms. The van der Waals surface area contributed by atoms with Crippen molar-refractivity contribution >= 4 is 44.7 Å². The summed E-state index contributed by atoms with van der Waals surface area (Å²) in [7, 11) is 0. The molecule has 0 amide bonds. The second-order valence-corrected chi connectivity index (χ2v) is 7.47. The van der Waals surface area contributed by atoms with E-state index in [4.69, 9.17) is 5.73 Å². The number of aromatic nitrogens is 4. The van der Waals surface area contributed by atoms with Gasteiger partial charge in [0.2, 0.25) is 0 Å². The molecule has 0 spiro atoms. The minimum Gasteiger partial charge on any atom is -0.382 e. The summed E-state index contributed by atoms with van der Waals surface area (Å²) >= 11 is 5.15. The van der Waals surface area contributed by atoms with Crippen molar-refractivity contribution in [1.82, 2.24) is 19.5 Å². The molecule has 1 unspecified atom stereocenters. The number of thioether (sulfide) groups is 1. The molecule has 0 fully saturated rings. The molecular weight excluding hydrogens is 374 g/mol. The van der Waals surface area contributed by atoms with E-state index in [1.54, 1.807) is 11.8 Å². The molecule has 1 aromatic carbocycles. The number of benzene rings is 1. The van der Waals surface area contributed by atoms with E-state index in [-0.39, 0.29) is 0 Å². The molecule has 1 atom stereocenters. The van der Waals surface area contributed by atoms with Crippen LogP contribution < -0.4 is 5.73 Å². The molecule has 0 aliphatic carbocycles. The third-order valence-electron chi connectivity index (χ3n) is 3.62. The lowest BCUT2D eigenvalue weighted by molar-refractivity contribution is 0.782. The van der Waals surface area contributed by atoms with Crippen molar-refractivity contribution in [1.29, 1.82) is 0 Å². The van der Waals surface area contributed by atoms with Gasteiger partial charge in [0.15, 0.2) is 26.9 Å². The third-order valence-corrected chi connectivity index (χ3v) is 5.35. The van der Waals surface area contributed by atoms with Crippen LogP contribution in [-0.2, 0) is 6.54 Å². The molecule has 2 aromatic heterocycles. The Hall–Kier alpha value is -1.60. The van der Waals surface area contributed by atoms with Crippen LogP contribution in [0, 0.1) is 0 Å². The minimum absolute atomic E-state index is 0.424. The zero-order valence-corrected chi connectivity index (χ0v) is 15.4. The maximum absolute atomic E-state index is 6.09. The number of hydrogen-bond acceptors (Lipinski definition) is 5. The van der Waals surface area contributed by atoms with Crippen LogP contribution in [0.1, 0.15) is 25.8 Å². The Morgan fingerprint density at radius 2 is 1.96 bits per heavy atom. The number of nitrogen functional groups attached to an aromatic ring is 1. The first-order valence-corrected chi connectivity index (χ1v) is 9.15. The Balaban J connectivity index is 2.05. The quantitative estimate of drug-likeness (QED) is 0.402. The van der Waals surface area contributed by atoms with E-state index >= 15 is 0 Å². The number of anilines is 1. The Labute approximate surface area is 147 Å². The van der Waals surface area contributed by atoms with Gasteiger partial charge in [-0.1, -0.05) is 55.9 Å². The van der Waals surface area contributed by atoms with Crippen LogP contribution in [0.15, 0.2) is 40.2 Å². The van der Waals surface area contributed by atoms with Crippen molar-refractivity contribution in [2.45, 2.75) is 37.2 Å². The number of nitrogens with two attached hydrogens (primary N) is 1. The van der Waals surface area contributed by atoms with Crippen LogP contribution in [-0.4, -0.2) is 24.8 Å². The Bertz CT molecular complexity index is 818. The van der Waals surface area contributed by atoms with Gasteiger partial charge in [-0.05, 0) is 27.9 Å². The average molecular weight is 392 g/mol. The largest absolute Gasteiger partial charge is 0.382 e. The third kappa shape index (κ3) is 3.50. The van der Waals surface area contributed by atoms with Gasteiger partial charge in [0.25, 0.3) is 0 Å². The summed E-state index contributed by atoms with van der Waals surface area (Å²) in [5.41, 5.74) is 8.67. The van der Waals surface area contributed by atoms with Crippen LogP contribution in [0.4, 0.5) is 5.82 Å². The summed E-state index contributed by atoms with van der Waals surface area (Å²) in [6, 6.07) is 10.2. The maximum Gasteiger partial charge on any atom is 0.191 e. The lowest BCUT2D eigenvalue weighted by Crippen LogP contribution is -2.04. The van der Waals surface area contributed by atoms with Crippen molar-refractivity contribution in [2.24, 2.45) is 0 Å². The Morgan fingerprint density at radius 1 is 1.22 bits per heavy atom. The van der Waals surface area contributed by atoms with Crippen LogP contribution >= 0.6 is 27.7 Å². The van der Waals surface area contributed by atoms with Gasteiger partial charge in [-0.15, -0.1) is 0 Å². The van der Waals surface area contributed by atoms with E-state index in [9.17, 15) is 0 Å². The highest BCUT2D eigenvalue weighted by Gasteiger charge is 2.16. The SMILES string of the molecule is CCC(C)Sc1nc(N)c2nc(Br)n(Cc3ccccc3)c2n1. The summed E-state index contributed by atoms with van der Waals surface area (Å²) < 4.78 is 2.73. The van der Waals surface area contributed by atoms with Gasteiger partial charge >= 0.3 is 0 Å². The highest BCUT2D eigenvalue weighted by molar-refractivity contribution is 9.10. The zero-order valence-electron chi connectivity index (χ0n) is 13.0. The first-order chi connectivity index (χ1) is 11.1. The predicted octanol–water partition coefficient (Wildman–Crippen LogP) is 4.11. The fourth-order valence-electron chi connectivity index (χ4n) is 2.20. The second-order valence-electron chi connectivity index (χ2n) is 5.35.